The smallest absolute Gasteiger partial charge is 0.237 e. The topological polar surface area (TPSA) is 64.7 Å². The zero-order valence-electron chi connectivity index (χ0n) is 14.2. The Labute approximate surface area is 155 Å². The van der Waals surface area contributed by atoms with Crippen LogP contribution in [0.2, 0.25) is 0 Å². The molecule has 0 aliphatic heterocycles. The third-order valence-corrected chi connectivity index (χ3v) is 4.56. The Morgan fingerprint density at radius 2 is 1.54 bits per heavy atom. The third kappa shape index (κ3) is 3.81. The molecule has 0 N–H and O–H groups in total. The molecule has 5 nitrogen and oxygen atoms in total. The monoisotopic (exact) mass is 360 g/mol. The lowest BCUT2D eigenvalue weighted by Crippen LogP contribution is -1.94. The number of nitrogens with zero attached hydrogens (tertiary/aromatic N) is 4. The third-order valence-electron chi connectivity index (χ3n) is 3.73. The van der Waals surface area contributed by atoms with Gasteiger partial charge in [-0.05, 0) is 13.0 Å². The van der Waals surface area contributed by atoms with Crippen LogP contribution in [0.3, 0.4) is 0 Å². The molecular formula is C20H16N4OS. The van der Waals surface area contributed by atoms with E-state index in [0.29, 0.717) is 22.6 Å². The molecule has 128 valence electrons. The molecule has 4 rings (SSSR count). The fourth-order valence-corrected chi connectivity index (χ4v) is 3.25. The molecule has 0 saturated heterocycles. The van der Waals surface area contributed by atoms with Crippen LogP contribution in [0.1, 0.15) is 11.6 Å². The van der Waals surface area contributed by atoms with Gasteiger partial charge in [0.05, 0.1) is 11.4 Å². The van der Waals surface area contributed by atoms with E-state index in [2.05, 4.69) is 20.1 Å². The molecule has 0 radical (unpaired) electrons. The fourth-order valence-electron chi connectivity index (χ4n) is 2.51. The van der Waals surface area contributed by atoms with Crippen LogP contribution in [0.15, 0.2) is 76.4 Å². The lowest BCUT2D eigenvalue weighted by Gasteiger charge is -2.05. The second kappa shape index (κ2) is 7.49. The first-order valence-electron chi connectivity index (χ1n) is 8.20. The van der Waals surface area contributed by atoms with Crippen molar-refractivity contribution in [3.05, 3.63) is 78.3 Å². The summed E-state index contributed by atoms with van der Waals surface area (Å²) in [5.74, 6) is 1.67. The van der Waals surface area contributed by atoms with E-state index >= 15 is 0 Å². The van der Waals surface area contributed by atoms with Crippen LogP contribution in [-0.2, 0) is 5.75 Å². The van der Waals surface area contributed by atoms with Crippen LogP contribution >= 0.6 is 11.8 Å². The van der Waals surface area contributed by atoms with Gasteiger partial charge < -0.3 is 4.52 Å². The Morgan fingerprint density at radius 3 is 2.27 bits per heavy atom. The van der Waals surface area contributed by atoms with E-state index in [-0.39, 0.29) is 0 Å². The van der Waals surface area contributed by atoms with Gasteiger partial charge in [-0.15, -0.1) is 0 Å². The molecule has 0 aliphatic rings. The summed E-state index contributed by atoms with van der Waals surface area (Å²) in [6.45, 7) is 1.97. The molecular weight excluding hydrogens is 344 g/mol. The summed E-state index contributed by atoms with van der Waals surface area (Å²) in [7, 11) is 0. The summed E-state index contributed by atoms with van der Waals surface area (Å²) in [6.07, 6.45) is 0. The average molecular weight is 360 g/mol. The van der Waals surface area contributed by atoms with E-state index in [9.17, 15) is 0 Å². The van der Waals surface area contributed by atoms with E-state index in [4.69, 9.17) is 4.52 Å². The molecule has 4 aromatic rings. The van der Waals surface area contributed by atoms with Crippen molar-refractivity contribution >= 4 is 11.8 Å². The van der Waals surface area contributed by atoms with Crippen molar-refractivity contribution in [2.45, 2.75) is 17.8 Å². The quantitative estimate of drug-likeness (QED) is 0.376. The number of hydrogen-bond acceptors (Lipinski definition) is 6. The van der Waals surface area contributed by atoms with E-state index in [0.717, 1.165) is 22.5 Å². The first-order chi connectivity index (χ1) is 12.8. The Kier molecular flexibility index (Phi) is 4.75. The van der Waals surface area contributed by atoms with Gasteiger partial charge in [-0.1, -0.05) is 77.6 Å². The Bertz CT molecular complexity index is 1000. The van der Waals surface area contributed by atoms with Crippen LogP contribution < -0.4 is 0 Å². The van der Waals surface area contributed by atoms with Gasteiger partial charge >= 0.3 is 0 Å². The highest BCUT2D eigenvalue weighted by Gasteiger charge is 2.11. The molecule has 2 heterocycles. The maximum absolute atomic E-state index is 5.35. The number of benzene rings is 2. The first kappa shape index (κ1) is 16.5. The normalized spacial score (nSPS) is 10.8. The number of aryl methyl sites for hydroxylation is 1. The Hall–Kier alpha value is -2.99. The minimum absolute atomic E-state index is 0.525. The second-order valence-electron chi connectivity index (χ2n) is 5.71. The maximum atomic E-state index is 5.35. The van der Waals surface area contributed by atoms with Gasteiger partial charge in [0.2, 0.25) is 11.7 Å². The largest absolute Gasteiger partial charge is 0.338 e. The SMILES string of the molecule is Cc1cc(-c2ccccc2)nc(SCc2nc(-c3ccccc3)no2)n1. The van der Waals surface area contributed by atoms with Gasteiger partial charge in [-0.2, -0.15) is 4.98 Å². The van der Waals surface area contributed by atoms with Crippen LogP contribution in [0.4, 0.5) is 0 Å². The lowest BCUT2D eigenvalue weighted by atomic mass is 10.1. The Morgan fingerprint density at radius 1 is 0.846 bits per heavy atom. The fraction of sp³-hybridized carbons (Fsp3) is 0.100. The zero-order chi connectivity index (χ0) is 17.8. The van der Waals surface area contributed by atoms with Crippen molar-refractivity contribution in [1.82, 2.24) is 20.1 Å². The molecule has 0 atom stereocenters. The molecule has 2 aromatic carbocycles. The minimum Gasteiger partial charge on any atom is -0.338 e. The van der Waals surface area contributed by atoms with Crippen LogP contribution in [-0.4, -0.2) is 20.1 Å². The van der Waals surface area contributed by atoms with E-state index in [1.54, 1.807) is 0 Å². The number of rotatable bonds is 5. The van der Waals surface area contributed by atoms with Gasteiger partial charge in [-0.25, -0.2) is 9.97 Å². The lowest BCUT2D eigenvalue weighted by molar-refractivity contribution is 0.391. The molecule has 0 bridgehead atoms. The molecule has 0 aliphatic carbocycles. The van der Waals surface area contributed by atoms with Crippen LogP contribution in [0.25, 0.3) is 22.6 Å². The predicted molar refractivity (Wildman–Crippen MR) is 102 cm³/mol. The summed E-state index contributed by atoms with van der Waals surface area (Å²) in [5, 5.41) is 4.74. The summed E-state index contributed by atoms with van der Waals surface area (Å²) in [4.78, 5) is 13.6. The van der Waals surface area contributed by atoms with E-state index < -0.39 is 0 Å². The summed E-state index contributed by atoms with van der Waals surface area (Å²) in [6, 6.07) is 21.8. The number of aromatic nitrogens is 4. The minimum atomic E-state index is 0.525. The van der Waals surface area contributed by atoms with Crippen LogP contribution in [0, 0.1) is 6.92 Å². The molecule has 6 heteroatoms. The molecule has 0 spiro atoms. The summed E-state index contributed by atoms with van der Waals surface area (Å²) < 4.78 is 5.35. The Balaban J connectivity index is 1.50. The second-order valence-corrected chi connectivity index (χ2v) is 6.65. The van der Waals surface area contributed by atoms with Gasteiger partial charge in [0.25, 0.3) is 0 Å². The van der Waals surface area contributed by atoms with E-state index in [1.165, 1.54) is 11.8 Å². The highest BCUT2D eigenvalue weighted by Crippen LogP contribution is 2.24. The maximum Gasteiger partial charge on any atom is 0.237 e. The molecule has 0 unspecified atom stereocenters. The predicted octanol–water partition coefficient (Wildman–Crippen LogP) is 4.79. The highest BCUT2D eigenvalue weighted by atomic mass is 32.2. The molecule has 0 saturated carbocycles. The number of thioether (sulfide) groups is 1. The van der Waals surface area contributed by atoms with Crippen molar-refractivity contribution in [2.75, 3.05) is 0 Å². The average Bonchev–Trinajstić information content (AvgIpc) is 3.16. The molecule has 26 heavy (non-hydrogen) atoms. The van der Waals surface area contributed by atoms with Crippen molar-refractivity contribution in [2.24, 2.45) is 0 Å². The van der Waals surface area contributed by atoms with Gasteiger partial charge in [0.15, 0.2) is 5.16 Å². The van der Waals surface area contributed by atoms with Gasteiger partial charge in [-0.3, -0.25) is 0 Å². The first-order valence-corrected chi connectivity index (χ1v) is 9.18. The molecule has 0 fully saturated rings. The van der Waals surface area contributed by atoms with E-state index in [1.807, 2.05) is 73.7 Å². The molecule has 2 aromatic heterocycles. The van der Waals surface area contributed by atoms with Gasteiger partial charge in [0.1, 0.15) is 0 Å². The van der Waals surface area contributed by atoms with Gasteiger partial charge in [0, 0.05) is 16.8 Å². The highest BCUT2D eigenvalue weighted by molar-refractivity contribution is 7.98. The standard InChI is InChI=1S/C20H16N4OS/c1-14-12-17(15-8-4-2-5-9-15)22-20(21-14)26-13-18-23-19(24-25-18)16-10-6-3-7-11-16/h2-12H,13H2,1H3. The van der Waals surface area contributed by atoms with Crippen LogP contribution in [0.5, 0.6) is 0 Å². The summed E-state index contributed by atoms with van der Waals surface area (Å²) >= 11 is 1.49. The number of hydrogen-bond donors (Lipinski definition) is 0. The van der Waals surface area contributed by atoms with Crippen molar-refractivity contribution in [3.63, 3.8) is 0 Å². The summed E-state index contributed by atoms with van der Waals surface area (Å²) in [5.41, 5.74) is 3.85. The zero-order valence-corrected chi connectivity index (χ0v) is 15.0. The van der Waals surface area contributed by atoms with Crippen molar-refractivity contribution < 1.29 is 4.52 Å². The van der Waals surface area contributed by atoms with Crippen molar-refractivity contribution in [3.8, 4) is 22.6 Å². The van der Waals surface area contributed by atoms with Crippen molar-refractivity contribution in [1.29, 1.82) is 0 Å². The molecule has 0 amide bonds.